The number of benzene rings is 2. The van der Waals surface area contributed by atoms with Gasteiger partial charge >= 0.3 is 0 Å². The van der Waals surface area contributed by atoms with Gasteiger partial charge in [-0.3, -0.25) is 9.48 Å². The molecule has 0 unspecified atom stereocenters. The molecule has 0 radical (unpaired) electrons. The van der Waals surface area contributed by atoms with E-state index >= 15 is 0 Å². The second-order valence-corrected chi connectivity index (χ2v) is 8.41. The molecule has 0 aliphatic carbocycles. The Labute approximate surface area is 188 Å². The largest absolute Gasteiger partial charge is 0.479 e. The summed E-state index contributed by atoms with van der Waals surface area (Å²) in [6, 6.07) is 12.9. The van der Waals surface area contributed by atoms with E-state index in [9.17, 15) is 4.79 Å². The molecule has 29 heavy (non-hydrogen) atoms. The van der Waals surface area contributed by atoms with Gasteiger partial charge < -0.3 is 10.1 Å². The Morgan fingerprint density at radius 3 is 2.55 bits per heavy atom. The van der Waals surface area contributed by atoms with Gasteiger partial charge in [-0.05, 0) is 56.7 Å². The minimum absolute atomic E-state index is 0.287. The van der Waals surface area contributed by atoms with E-state index in [4.69, 9.17) is 27.9 Å². The normalized spacial score (nSPS) is 11.9. The van der Waals surface area contributed by atoms with Gasteiger partial charge in [-0.25, -0.2) is 0 Å². The molecule has 2 aromatic carbocycles. The number of nitrogens with one attached hydrogen (secondary N) is 1. The summed E-state index contributed by atoms with van der Waals surface area (Å²) in [4.78, 5) is 12.7. The molecular formula is C21H20BrCl2N3O2. The second kappa shape index (κ2) is 9.20. The number of hydrogen-bond acceptors (Lipinski definition) is 3. The molecule has 0 aliphatic rings. The van der Waals surface area contributed by atoms with Gasteiger partial charge in [0, 0.05) is 9.50 Å². The smallest absolute Gasteiger partial charge is 0.265 e. The molecule has 5 nitrogen and oxygen atoms in total. The SMILES string of the molecule is Cc1nn(Cc2ccc(Br)cc2)c(C)c1NC(=O)[C@@H](C)Oc1ccc(Cl)cc1Cl. The zero-order chi connectivity index (χ0) is 21.1. The van der Waals surface area contributed by atoms with Crippen molar-refractivity contribution in [3.63, 3.8) is 0 Å². The number of amides is 1. The van der Waals surface area contributed by atoms with E-state index in [2.05, 4.69) is 26.3 Å². The van der Waals surface area contributed by atoms with Gasteiger partial charge in [-0.2, -0.15) is 5.10 Å². The summed E-state index contributed by atoms with van der Waals surface area (Å²) in [7, 11) is 0. The van der Waals surface area contributed by atoms with Gasteiger partial charge in [0.1, 0.15) is 5.75 Å². The zero-order valence-electron chi connectivity index (χ0n) is 16.2. The minimum Gasteiger partial charge on any atom is -0.479 e. The van der Waals surface area contributed by atoms with Crippen LogP contribution in [0.5, 0.6) is 5.75 Å². The maximum absolute atomic E-state index is 12.7. The fraction of sp³-hybridized carbons (Fsp3) is 0.238. The molecule has 8 heteroatoms. The first-order chi connectivity index (χ1) is 13.7. The molecule has 1 heterocycles. The number of hydrogen-bond donors (Lipinski definition) is 1. The number of halogens is 3. The van der Waals surface area contributed by atoms with Gasteiger partial charge in [0.25, 0.3) is 5.91 Å². The molecule has 3 rings (SSSR count). The molecule has 0 saturated carbocycles. The highest BCUT2D eigenvalue weighted by molar-refractivity contribution is 9.10. The van der Waals surface area contributed by atoms with Gasteiger partial charge in [0.2, 0.25) is 0 Å². The maximum Gasteiger partial charge on any atom is 0.265 e. The number of carbonyl (C=O) groups is 1. The predicted octanol–water partition coefficient (Wildman–Crippen LogP) is 6.02. The quantitative estimate of drug-likeness (QED) is 0.453. The molecule has 1 N–H and O–H groups in total. The van der Waals surface area contributed by atoms with Crippen LogP contribution in [-0.4, -0.2) is 21.8 Å². The van der Waals surface area contributed by atoms with Crippen LogP contribution in [0.15, 0.2) is 46.9 Å². The lowest BCUT2D eigenvalue weighted by Gasteiger charge is -2.16. The van der Waals surface area contributed by atoms with Crippen LogP contribution in [0, 0.1) is 13.8 Å². The van der Waals surface area contributed by atoms with Crippen LogP contribution in [0.2, 0.25) is 10.0 Å². The topological polar surface area (TPSA) is 56.2 Å². The summed E-state index contributed by atoms with van der Waals surface area (Å²) in [5.41, 5.74) is 3.41. The summed E-state index contributed by atoms with van der Waals surface area (Å²) >= 11 is 15.5. The van der Waals surface area contributed by atoms with E-state index in [1.165, 1.54) is 0 Å². The zero-order valence-corrected chi connectivity index (χ0v) is 19.3. The number of carbonyl (C=O) groups excluding carboxylic acids is 1. The average molecular weight is 497 g/mol. The van der Waals surface area contributed by atoms with Crippen molar-refractivity contribution in [2.45, 2.75) is 33.4 Å². The Kier molecular flexibility index (Phi) is 6.88. The van der Waals surface area contributed by atoms with Gasteiger partial charge in [-0.1, -0.05) is 51.3 Å². The number of nitrogens with zero attached hydrogens (tertiary/aromatic N) is 2. The van der Waals surface area contributed by atoms with Crippen LogP contribution in [0.25, 0.3) is 0 Å². The standard InChI is InChI=1S/C21H20BrCl2N3O2/c1-12-20(13(2)27(26-12)11-15-4-6-16(22)7-5-15)25-21(28)14(3)29-19-9-8-17(23)10-18(19)24/h4-10,14H,11H2,1-3H3,(H,25,28)/t14-/m1/s1. The summed E-state index contributed by atoms with van der Waals surface area (Å²) in [5, 5.41) is 8.34. The summed E-state index contributed by atoms with van der Waals surface area (Å²) < 4.78 is 8.59. The number of rotatable bonds is 6. The lowest BCUT2D eigenvalue weighted by Crippen LogP contribution is -2.30. The van der Waals surface area contributed by atoms with Gasteiger partial charge in [0.05, 0.1) is 28.6 Å². The van der Waals surface area contributed by atoms with Crippen LogP contribution in [0.1, 0.15) is 23.9 Å². The highest BCUT2D eigenvalue weighted by Gasteiger charge is 2.20. The lowest BCUT2D eigenvalue weighted by atomic mass is 10.2. The Morgan fingerprint density at radius 2 is 1.90 bits per heavy atom. The molecule has 152 valence electrons. The molecule has 1 atom stereocenters. The van der Waals surface area contributed by atoms with Crippen molar-refractivity contribution >= 4 is 50.7 Å². The summed E-state index contributed by atoms with van der Waals surface area (Å²) in [6.07, 6.45) is -0.748. The molecule has 0 fully saturated rings. The Morgan fingerprint density at radius 1 is 1.21 bits per heavy atom. The first-order valence-corrected chi connectivity index (χ1v) is 10.5. The fourth-order valence-electron chi connectivity index (χ4n) is 2.83. The third-order valence-electron chi connectivity index (χ3n) is 4.44. The number of ether oxygens (including phenoxy) is 1. The van der Waals surface area contributed by atoms with Crippen LogP contribution in [-0.2, 0) is 11.3 Å². The van der Waals surface area contributed by atoms with Crippen molar-refractivity contribution in [1.82, 2.24) is 9.78 Å². The van der Waals surface area contributed by atoms with E-state index in [0.29, 0.717) is 28.0 Å². The Hall–Kier alpha value is -2.02. The van der Waals surface area contributed by atoms with Gasteiger partial charge in [-0.15, -0.1) is 0 Å². The molecule has 0 spiro atoms. The third-order valence-corrected chi connectivity index (χ3v) is 5.50. The van der Waals surface area contributed by atoms with E-state index in [-0.39, 0.29) is 5.91 Å². The lowest BCUT2D eigenvalue weighted by molar-refractivity contribution is -0.122. The van der Waals surface area contributed by atoms with E-state index in [0.717, 1.165) is 21.4 Å². The Bertz CT molecular complexity index is 1040. The van der Waals surface area contributed by atoms with Crippen LogP contribution in [0.3, 0.4) is 0 Å². The second-order valence-electron chi connectivity index (χ2n) is 6.65. The molecule has 3 aromatic rings. The van der Waals surface area contributed by atoms with Crippen LogP contribution >= 0.6 is 39.1 Å². The van der Waals surface area contributed by atoms with Gasteiger partial charge in [0.15, 0.2) is 6.10 Å². The van der Waals surface area contributed by atoms with Crippen LogP contribution < -0.4 is 10.1 Å². The minimum atomic E-state index is -0.748. The highest BCUT2D eigenvalue weighted by Crippen LogP contribution is 2.29. The van der Waals surface area contributed by atoms with Crippen molar-refractivity contribution in [3.8, 4) is 5.75 Å². The van der Waals surface area contributed by atoms with Crippen molar-refractivity contribution in [2.75, 3.05) is 5.32 Å². The molecule has 0 bridgehead atoms. The van der Waals surface area contributed by atoms with Crippen molar-refractivity contribution in [1.29, 1.82) is 0 Å². The molecular weight excluding hydrogens is 477 g/mol. The van der Waals surface area contributed by atoms with E-state index < -0.39 is 6.10 Å². The highest BCUT2D eigenvalue weighted by atomic mass is 79.9. The van der Waals surface area contributed by atoms with Crippen molar-refractivity contribution in [3.05, 3.63) is 73.9 Å². The molecule has 1 amide bonds. The monoisotopic (exact) mass is 495 g/mol. The third kappa shape index (κ3) is 5.32. The number of aryl methyl sites for hydroxylation is 1. The molecule has 1 aromatic heterocycles. The average Bonchev–Trinajstić information content (AvgIpc) is 2.93. The number of aromatic nitrogens is 2. The van der Waals surface area contributed by atoms with E-state index in [1.54, 1.807) is 25.1 Å². The van der Waals surface area contributed by atoms with Crippen molar-refractivity contribution < 1.29 is 9.53 Å². The molecule has 0 saturated heterocycles. The Balaban J connectivity index is 1.71. The van der Waals surface area contributed by atoms with E-state index in [1.807, 2.05) is 42.8 Å². The number of anilines is 1. The maximum atomic E-state index is 12.7. The van der Waals surface area contributed by atoms with Crippen molar-refractivity contribution in [2.24, 2.45) is 0 Å². The molecule has 0 aliphatic heterocycles. The predicted molar refractivity (Wildman–Crippen MR) is 120 cm³/mol. The summed E-state index contributed by atoms with van der Waals surface area (Å²) in [6.45, 7) is 6.07. The summed E-state index contributed by atoms with van der Waals surface area (Å²) in [5.74, 6) is 0.114. The fourth-order valence-corrected chi connectivity index (χ4v) is 3.55. The van der Waals surface area contributed by atoms with Crippen LogP contribution in [0.4, 0.5) is 5.69 Å². The first kappa shape index (κ1) is 21.7. The first-order valence-electron chi connectivity index (χ1n) is 8.95.